The summed E-state index contributed by atoms with van der Waals surface area (Å²) in [6.07, 6.45) is 0.937. The molecule has 18 heavy (non-hydrogen) atoms. The van der Waals surface area contributed by atoms with E-state index < -0.39 is 0 Å². The van der Waals surface area contributed by atoms with Gasteiger partial charge in [-0.3, -0.25) is 0 Å². The van der Waals surface area contributed by atoms with Crippen molar-refractivity contribution in [2.24, 2.45) is 11.7 Å². The van der Waals surface area contributed by atoms with Gasteiger partial charge in [0.05, 0.1) is 14.2 Å². The normalized spacial score (nSPS) is 14.1. The number of benzene rings is 1. The molecule has 0 saturated carbocycles. The van der Waals surface area contributed by atoms with Crippen LogP contribution in [-0.2, 0) is 4.74 Å². The fourth-order valence-corrected chi connectivity index (χ4v) is 1.87. The minimum atomic E-state index is -0.0278. The van der Waals surface area contributed by atoms with E-state index in [4.69, 9.17) is 19.9 Å². The Kier molecular flexibility index (Phi) is 5.95. The molecule has 1 aromatic carbocycles. The molecule has 0 amide bonds. The van der Waals surface area contributed by atoms with E-state index in [-0.39, 0.29) is 6.04 Å². The second-order valence-corrected chi connectivity index (χ2v) is 4.40. The summed E-state index contributed by atoms with van der Waals surface area (Å²) in [6.45, 7) is 2.85. The van der Waals surface area contributed by atoms with Gasteiger partial charge in [0.1, 0.15) is 0 Å². The number of ether oxygens (including phenoxy) is 3. The number of hydrogen-bond acceptors (Lipinski definition) is 4. The molecule has 1 rings (SSSR count). The molecule has 0 aliphatic rings. The van der Waals surface area contributed by atoms with Crippen molar-refractivity contribution in [1.29, 1.82) is 0 Å². The van der Waals surface area contributed by atoms with Crippen molar-refractivity contribution in [1.82, 2.24) is 0 Å². The topological polar surface area (TPSA) is 53.7 Å². The third-order valence-corrected chi connectivity index (χ3v) is 3.18. The van der Waals surface area contributed by atoms with Crippen LogP contribution in [0.2, 0.25) is 0 Å². The average molecular weight is 253 g/mol. The lowest BCUT2D eigenvalue weighted by molar-refractivity contribution is 0.174. The van der Waals surface area contributed by atoms with Crippen LogP contribution >= 0.6 is 0 Å². The van der Waals surface area contributed by atoms with Crippen LogP contribution in [-0.4, -0.2) is 27.9 Å². The van der Waals surface area contributed by atoms with Crippen molar-refractivity contribution in [3.05, 3.63) is 23.8 Å². The van der Waals surface area contributed by atoms with Gasteiger partial charge >= 0.3 is 0 Å². The summed E-state index contributed by atoms with van der Waals surface area (Å²) in [6, 6.07) is 5.78. The summed E-state index contributed by atoms with van der Waals surface area (Å²) in [5.41, 5.74) is 7.29. The standard InChI is InChI=1S/C14H23NO3/c1-10(7-8-16-2)14(15)11-5-6-12(17-3)13(9-11)18-4/h5-6,9-10,14H,7-8,15H2,1-4H3. The summed E-state index contributed by atoms with van der Waals surface area (Å²) in [5, 5.41) is 0. The molecule has 0 saturated heterocycles. The molecule has 2 atom stereocenters. The third-order valence-electron chi connectivity index (χ3n) is 3.18. The molecule has 0 fully saturated rings. The summed E-state index contributed by atoms with van der Waals surface area (Å²) in [7, 11) is 4.95. The molecule has 102 valence electrons. The Morgan fingerprint density at radius 1 is 1.11 bits per heavy atom. The van der Waals surface area contributed by atoms with Crippen LogP contribution in [0.25, 0.3) is 0 Å². The maximum Gasteiger partial charge on any atom is 0.161 e. The van der Waals surface area contributed by atoms with Crippen molar-refractivity contribution in [3.8, 4) is 11.5 Å². The van der Waals surface area contributed by atoms with E-state index in [9.17, 15) is 0 Å². The SMILES string of the molecule is COCCC(C)C(N)c1ccc(OC)c(OC)c1. The van der Waals surface area contributed by atoms with E-state index in [1.807, 2.05) is 18.2 Å². The van der Waals surface area contributed by atoms with Crippen LogP contribution in [0.15, 0.2) is 18.2 Å². The first-order valence-corrected chi connectivity index (χ1v) is 6.10. The van der Waals surface area contributed by atoms with Gasteiger partial charge in [-0.15, -0.1) is 0 Å². The summed E-state index contributed by atoms with van der Waals surface area (Å²) >= 11 is 0. The Morgan fingerprint density at radius 2 is 1.78 bits per heavy atom. The van der Waals surface area contributed by atoms with Gasteiger partial charge in [-0.05, 0) is 30.0 Å². The molecule has 2 unspecified atom stereocenters. The molecular weight excluding hydrogens is 230 g/mol. The van der Waals surface area contributed by atoms with Gasteiger partial charge in [-0.25, -0.2) is 0 Å². The average Bonchev–Trinajstić information content (AvgIpc) is 2.42. The second-order valence-electron chi connectivity index (χ2n) is 4.40. The smallest absolute Gasteiger partial charge is 0.161 e. The van der Waals surface area contributed by atoms with Gasteiger partial charge in [0.15, 0.2) is 11.5 Å². The van der Waals surface area contributed by atoms with Crippen molar-refractivity contribution in [2.75, 3.05) is 27.9 Å². The van der Waals surface area contributed by atoms with Crippen molar-refractivity contribution in [3.63, 3.8) is 0 Å². The number of methoxy groups -OCH3 is 3. The molecule has 0 radical (unpaired) electrons. The number of nitrogens with two attached hydrogens (primary N) is 1. The highest BCUT2D eigenvalue weighted by atomic mass is 16.5. The van der Waals surface area contributed by atoms with Crippen LogP contribution in [0, 0.1) is 5.92 Å². The van der Waals surface area contributed by atoms with E-state index in [1.165, 1.54) is 0 Å². The van der Waals surface area contributed by atoms with E-state index in [0.717, 1.165) is 24.3 Å². The number of rotatable bonds is 7. The summed E-state index contributed by atoms with van der Waals surface area (Å²) < 4.78 is 15.6. The molecule has 0 aliphatic carbocycles. The van der Waals surface area contributed by atoms with Crippen LogP contribution < -0.4 is 15.2 Å². The van der Waals surface area contributed by atoms with E-state index in [2.05, 4.69) is 6.92 Å². The monoisotopic (exact) mass is 253 g/mol. The van der Waals surface area contributed by atoms with Crippen molar-refractivity contribution < 1.29 is 14.2 Å². The fourth-order valence-electron chi connectivity index (χ4n) is 1.87. The quantitative estimate of drug-likeness (QED) is 0.810. The first kappa shape index (κ1) is 14.8. The zero-order chi connectivity index (χ0) is 13.5. The lowest BCUT2D eigenvalue weighted by atomic mass is 9.93. The Morgan fingerprint density at radius 3 is 2.33 bits per heavy atom. The van der Waals surface area contributed by atoms with Crippen LogP contribution in [0.3, 0.4) is 0 Å². The van der Waals surface area contributed by atoms with Crippen LogP contribution in [0.4, 0.5) is 0 Å². The van der Waals surface area contributed by atoms with Gasteiger partial charge in [0.2, 0.25) is 0 Å². The first-order chi connectivity index (χ1) is 8.63. The van der Waals surface area contributed by atoms with Gasteiger partial charge in [0, 0.05) is 19.8 Å². The molecular formula is C14H23NO3. The highest BCUT2D eigenvalue weighted by Crippen LogP contribution is 2.31. The third kappa shape index (κ3) is 3.62. The first-order valence-electron chi connectivity index (χ1n) is 6.10. The predicted molar refractivity (Wildman–Crippen MR) is 72.1 cm³/mol. The van der Waals surface area contributed by atoms with E-state index >= 15 is 0 Å². The summed E-state index contributed by atoms with van der Waals surface area (Å²) in [5.74, 6) is 1.78. The Balaban J connectivity index is 2.82. The minimum Gasteiger partial charge on any atom is -0.493 e. The van der Waals surface area contributed by atoms with Crippen LogP contribution in [0.1, 0.15) is 24.9 Å². The Hall–Kier alpha value is -1.26. The summed E-state index contributed by atoms with van der Waals surface area (Å²) in [4.78, 5) is 0. The molecule has 0 heterocycles. The largest absolute Gasteiger partial charge is 0.493 e. The second kappa shape index (κ2) is 7.24. The lowest BCUT2D eigenvalue weighted by Gasteiger charge is -2.21. The molecule has 0 spiro atoms. The molecule has 0 bridgehead atoms. The Bertz CT molecular complexity index is 368. The highest BCUT2D eigenvalue weighted by molar-refractivity contribution is 5.43. The molecule has 1 aromatic rings. The highest BCUT2D eigenvalue weighted by Gasteiger charge is 2.16. The van der Waals surface area contributed by atoms with E-state index in [1.54, 1.807) is 21.3 Å². The van der Waals surface area contributed by atoms with Crippen molar-refractivity contribution in [2.45, 2.75) is 19.4 Å². The molecule has 2 N–H and O–H groups in total. The Labute approximate surface area is 109 Å². The molecule has 0 aliphatic heterocycles. The van der Waals surface area contributed by atoms with Gasteiger partial charge in [0.25, 0.3) is 0 Å². The van der Waals surface area contributed by atoms with Crippen molar-refractivity contribution >= 4 is 0 Å². The van der Waals surface area contributed by atoms with Crippen LogP contribution in [0.5, 0.6) is 11.5 Å². The maximum atomic E-state index is 6.24. The predicted octanol–water partition coefficient (Wildman–Crippen LogP) is 2.38. The lowest BCUT2D eigenvalue weighted by Crippen LogP contribution is -2.20. The fraction of sp³-hybridized carbons (Fsp3) is 0.571. The van der Waals surface area contributed by atoms with E-state index in [0.29, 0.717) is 11.7 Å². The molecule has 4 heteroatoms. The molecule has 0 aromatic heterocycles. The van der Waals surface area contributed by atoms with Gasteiger partial charge in [-0.2, -0.15) is 0 Å². The van der Waals surface area contributed by atoms with Gasteiger partial charge < -0.3 is 19.9 Å². The van der Waals surface area contributed by atoms with Gasteiger partial charge in [-0.1, -0.05) is 13.0 Å². The maximum absolute atomic E-state index is 6.24. The minimum absolute atomic E-state index is 0.0278. The number of hydrogen-bond donors (Lipinski definition) is 1. The zero-order valence-corrected chi connectivity index (χ0v) is 11.6. The zero-order valence-electron chi connectivity index (χ0n) is 11.6. The molecule has 4 nitrogen and oxygen atoms in total.